The van der Waals surface area contributed by atoms with Crippen LogP contribution in [0.3, 0.4) is 0 Å². The Labute approximate surface area is 79.4 Å². The summed E-state index contributed by atoms with van der Waals surface area (Å²) in [6.07, 6.45) is 0. The predicted molar refractivity (Wildman–Crippen MR) is 57.9 cm³/mol. The average molecular weight is 177 g/mol. The fourth-order valence-electron chi connectivity index (χ4n) is 1.16. The molecule has 12 heavy (non-hydrogen) atoms. The summed E-state index contributed by atoms with van der Waals surface area (Å²) in [5.74, 6) is 4.70. The molecule has 0 aliphatic rings. The van der Waals surface area contributed by atoms with E-state index in [-0.39, 0.29) is 0 Å². The van der Waals surface area contributed by atoms with Crippen LogP contribution in [0, 0.1) is 0 Å². The van der Waals surface area contributed by atoms with Crippen molar-refractivity contribution in [3.8, 4) is 0 Å². The smallest absolute Gasteiger partial charge is 0.299 e. The van der Waals surface area contributed by atoms with E-state index in [1.54, 1.807) is 4.43 Å². The lowest BCUT2D eigenvalue weighted by atomic mass is 10.3. The molecule has 0 bridgehead atoms. The lowest BCUT2D eigenvalue weighted by Gasteiger charge is -2.12. The number of anilines is 1. The van der Waals surface area contributed by atoms with E-state index in [0.717, 1.165) is 0 Å². The zero-order valence-corrected chi connectivity index (χ0v) is 9.49. The Kier molecular flexibility index (Phi) is 3.20. The highest BCUT2D eigenvalue weighted by Crippen LogP contribution is 2.07. The van der Waals surface area contributed by atoms with E-state index in [0.29, 0.717) is 0 Å². The predicted octanol–water partition coefficient (Wildman–Crippen LogP) is 1.71. The molecule has 64 valence electrons. The number of hydrogen-bond acceptors (Lipinski definition) is 1. The SMILES string of the molecule is CN(C)c1cc[c]([Al]([CH3])[CH3])cc1. The molecule has 0 saturated carbocycles. The number of nitrogens with zero attached hydrogens (tertiary/aromatic N) is 1. The lowest BCUT2D eigenvalue weighted by Crippen LogP contribution is -2.22. The maximum atomic E-state index is 2.35. The van der Waals surface area contributed by atoms with Gasteiger partial charge in [0.2, 0.25) is 0 Å². The van der Waals surface area contributed by atoms with Crippen LogP contribution >= 0.6 is 0 Å². The van der Waals surface area contributed by atoms with E-state index in [1.807, 2.05) is 0 Å². The van der Waals surface area contributed by atoms with Crippen molar-refractivity contribution in [3.63, 3.8) is 0 Å². The Morgan fingerprint density at radius 3 is 1.83 bits per heavy atom. The molecule has 0 aliphatic heterocycles. The first-order valence-electron chi connectivity index (χ1n) is 4.38. The van der Waals surface area contributed by atoms with Crippen LogP contribution in [0.1, 0.15) is 0 Å². The second-order valence-electron chi connectivity index (χ2n) is 3.64. The van der Waals surface area contributed by atoms with Gasteiger partial charge in [-0.3, -0.25) is 0 Å². The molecule has 0 radical (unpaired) electrons. The average Bonchev–Trinajstić information content (AvgIpc) is 2.04. The summed E-state index contributed by atoms with van der Waals surface area (Å²) < 4.78 is 1.54. The molecule has 0 fully saturated rings. The minimum absolute atomic E-state index is 0.599. The lowest BCUT2D eigenvalue weighted by molar-refractivity contribution is 1.13. The highest BCUT2D eigenvalue weighted by molar-refractivity contribution is 6.70. The summed E-state index contributed by atoms with van der Waals surface area (Å²) in [6.45, 7) is 0. The van der Waals surface area contributed by atoms with Crippen molar-refractivity contribution in [2.75, 3.05) is 19.0 Å². The molecule has 1 aromatic rings. The maximum absolute atomic E-state index is 2.35. The Balaban J connectivity index is 2.86. The van der Waals surface area contributed by atoms with E-state index >= 15 is 0 Å². The molecule has 0 amide bonds. The molecule has 0 unspecified atom stereocenters. The summed E-state index contributed by atoms with van der Waals surface area (Å²) >= 11 is -0.599. The van der Waals surface area contributed by atoms with Gasteiger partial charge in [0, 0.05) is 19.8 Å². The van der Waals surface area contributed by atoms with Gasteiger partial charge in [-0.05, 0) is 12.1 Å². The van der Waals surface area contributed by atoms with Crippen LogP contribution in [0.4, 0.5) is 5.69 Å². The minimum atomic E-state index is -0.599. The van der Waals surface area contributed by atoms with Gasteiger partial charge in [-0.25, -0.2) is 0 Å². The molecule has 1 nitrogen and oxygen atoms in total. The number of hydrogen-bond donors (Lipinski definition) is 0. The van der Waals surface area contributed by atoms with Gasteiger partial charge < -0.3 is 4.90 Å². The zero-order chi connectivity index (χ0) is 9.14. The van der Waals surface area contributed by atoms with E-state index in [9.17, 15) is 0 Å². The molecular weight excluding hydrogens is 161 g/mol. The van der Waals surface area contributed by atoms with Crippen molar-refractivity contribution in [3.05, 3.63) is 24.3 Å². The number of rotatable bonds is 2. The molecule has 2 heteroatoms. The molecular formula is C10H16AlN. The first kappa shape index (κ1) is 9.64. The fraction of sp³-hybridized carbons (Fsp3) is 0.400. The summed E-state index contributed by atoms with van der Waals surface area (Å²) in [5.41, 5.74) is 1.29. The van der Waals surface area contributed by atoms with Crippen molar-refractivity contribution < 1.29 is 0 Å². The second-order valence-corrected chi connectivity index (χ2v) is 6.62. The molecule has 0 aliphatic carbocycles. The van der Waals surface area contributed by atoms with E-state index in [1.165, 1.54) is 5.69 Å². The standard InChI is InChI=1S/C8H10N.2CH3.Al/c1-9(2)8-6-4-3-5-7-8;;;/h4-7H,1-2H3;2*1H3;. The van der Waals surface area contributed by atoms with Gasteiger partial charge in [-0.1, -0.05) is 12.1 Å². The highest BCUT2D eigenvalue weighted by atomic mass is 27.2. The third-order valence-electron chi connectivity index (χ3n) is 2.08. The van der Waals surface area contributed by atoms with Crippen molar-refractivity contribution >= 4 is 24.3 Å². The van der Waals surface area contributed by atoms with E-state index in [2.05, 4.69) is 54.8 Å². The Hall–Kier alpha value is -0.448. The van der Waals surface area contributed by atoms with Gasteiger partial charge in [-0.2, -0.15) is 0 Å². The van der Waals surface area contributed by atoms with E-state index in [4.69, 9.17) is 0 Å². The molecule has 0 atom stereocenters. The van der Waals surface area contributed by atoms with Crippen LogP contribution in [-0.4, -0.2) is 28.2 Å². The monoisotopic (exact) mass is 177 g/mol. The van der Waals surface area contributed by atoms with Crippen LogP contribution in [-0.2, 0) is 0 Å². The largest absolute Gasteiger partial charge is 0.378 e. The van der Waals surface area contributed by atoms with Gasteiger partial charge in [0.05, 0.1) is 0 Å². The Bertz CT molecular complexity index is 212. The Morgan fingerprint density at radius 2 is 1.50 bits per heavy atom. The summed E-state index contributed by atoms with van der Waals surface area (Å²) in [7, 11) is 4.14. The van der Waals surface area contributed by atoms with Crippen molar-refractivity contribution in [1.29, 1.82) is 0 Å². The van der Waals surface area contributed by atoms with Crippen LogP contribution in [0.2, 0.25) is 11.6 Å². The normalized spacial score (nSPS) is 9.67. The maximum Gasteiger partial charge on any atom is 0.299 e. The highest BCUT2D eigenvalue weighted by Gasteiger charge is 2.04. The topological polar surface area (TPSA) is 3.24 Å². The van der Waals surface area contributed by atoms with Gasteiger partial charge in [0.1, 0.15) is 0 Å². The van der Waals surface area contributed by atoms with Crippen molar-refractivity contribution in [2.24, 2.45) is 0 Å². The van der Waals surface area contributed by atoms with E-state index < -0.39 is 14.1 Å². The molecule has 0 aromatic heterocycles. The quantitative estimate of drug-likeness (QED) is 0.622. The van der Waals surface area contributed by atoms with Crippen LogP contribution in [0.5, 0.6) is 0 Å². The summed E-state index contributed by atoms with van der Waals surface area (Å²) in [6, 6.07) is 8.91. The van der Waals surface area contributed by atoms with Crippen LogP contribution < -0.4 is 9.33 Å². The molecule has 1 aromatic carbocycles. The van der Waals surface area contributed by atoms with Crippen molar-refractivity contribution in [2.45, 2.75) is 11.6 Å². The van der Waals surface area contributed by atoms with Gasteiger partial charge in [0.15, 0.2) is 0 Å². The second kappa shape index (κ2) is 3.98. The van der Waals surface area contributed by atoms with Gasteiger partial charge >= 0.3 is 0 Å². The zero-order valence-electron chi connectivity index (χ0n) is 8.33. The van der Waals surface area contributed by atoms with Crippen molar-refractivity contribution in [1.82, 2.24) is 0 Å². The third kappa shape index (κ3) is 2.27. The minimum Gasteiger partial charge on any atom is -0.378 e. The van der Waals surface area contributed by atoms with Gasteiger partial charge in [-0.15, -0.1) is 16.0 Å². The first-order valence-corrected chi connectivity index (χ1v) is 7.27. The first-order chi connectivity index (χ1) is 5.61. The summed E-state index contributed by atoms with van der Waals surface area (Å²) in [4.78, 5) is 2.13. The van der Waals surface area contributed by atoms with Crippen LogP contribution in [0.25, 0.3) is 0 Å². The molecule has 1 rings (SSSR count). The summed E-state index contributed by atoms with van der Waals surface area (Å²) in [5, 5.41) is 0. The Morgan fingerprint density at radius 1 is 1.00 bits per heavy atom. The fourth-order valence-corrected chi connectivity index (χ4v) is 2.12. The van der Waals surface area contributed by atoms with Gasteiger partial charge in [0.25, 0.3) is 14.1 Å². The third-order valence-corrected chi connectivity index (χ3v) is 3.79. The molecule has 0 N–H and O–H groups in total. The molecule has 0 saturated heterocycles. The molecule has 0 spiro atoms. The van der Waals surface area contributed by atoms with Crippen LogP contribution in [0.15, 0.2) is 24.3 Å². The number of benzene rings is 1. The molecule has 0 heterocycles.